The van der Waals surface area contributed by atoms with Gasteiger partial charge in [0.15, 0.2) is 0 Å². The summed E-state index contributed by atoms with van der Waals surface area (Å²) in [7, 11) is 0. The molecule has 1 N–H and O–H groups in total. The minimum Gasteiger partial charge on any atom is -0.481 e. The highest BCUT2D eigenvalue weighted by Gasteiger charge is 1.99. The molecule has 0 heterocycles. The fourth-order valence-corrected chi connectivity index (χ4v) is 1.63. The van der Waals surface area contributed by atoms with Crippen LogP contribution in [-0.4, -0.2) is 23.4 Å². The number of nitrogens with zero attached hydrogens (tertiary/aromatic N) is 1. The SMILES string of the molecule is C/C(=N\OCCCCCC(=O)O)c1ccc(Cl)cc1. The second-order valence-electron chi connectivity index (χ2n) is 4.22. The van der Waals surface area contributed by atoms with E-state index < -0.39 is 5.97 Å². The van der Waals surface area contributed by atoms with E-state index in [1.807, 2.05) is 31.2 Å². The molecule has 0 spiro atoms. The molecule has 0 aliphatic rings. The third-order valence-corrected chi connectivity index (χ3v) is 2.84. The fourth-order valence-electron chi connectivity index (χ4n) is 1.51. The lowest BCUT2D eigenvalue weighted by atomic mass is 10.1. The largest absolute Gasteiger partial charge is 0.481 e. The van der Waals surface area contributed by atoms with E-state index in [2.05, 4.69) is 5.16 Å². The minimum absolute atomic E-state index is 0.215. The molecule has 0 aliphatic heterocycles. The van der Waals surface area contributed by atoms with Gasteiger partial charge in [-0.25, -0.2) is 0 Å². The molecule has 104 valence electrons. The molecule has 5 heteroatoms. The van der Waals surface area contributed by atoms with Crippen molar-refractivity contribution >= 4 is 23.3 Å². The summed E-state index contributed by atoms with van der Waals surface area (Å²) in [5.41, 5.74) is 1.76. The van der Waals surface area contributed by atoms with Crippen molar-refractivity contribution in [3.8, 4) is 0 Å². The molecule has 0 aliphatic carbocycles. The van der Waals surface area contributed by atoms with E-state index in [0.29, 0.717) is 18.1 Å². The van der Waals surface area contributed by atoms with Crippen molar-refractivity contribution in [1.29, 1.82) is 0 Å². The van der Waals surface area contributed by atoms with Gasteiger partial charge in [-0.3, -0.25) is 4.79 Å². The molecular formula is C14H18ClNO3. The van der Waals surface area contributed by atoms with Crippen LogP contribution in [0, 0.1) is 0 Å². The first kappa shape index (κ1) is 15.5. The van der Waals surface area contributed by atoms with Crippen molar-refractivity contribution < 1.29 is 14.7 Å². The van der Waals surface area contributed by atoms with Gasteiger partial charge in [0.1, 0.15) is 6.61 Å². The number of unbranched alkanes of at least 4 members (excludes halogenated alkanes) is 2. The lowest BCUT2D eigenvalue weighted by molar-refractivity contribution is -0.137. The maximum atomic E-state index is 10.3. The van der Waals surface area contributed by atoms with Crippen LogP contribution in [0.4, 0.5) is 0 Å². The van der Waals surface area contributed by atoms with Gasteiger partial charge in [0.05, 0.1) is 5.71 Å². The standard InChI is InChI=1S/C14H18ClNO3/c1-11(12-6-8-13(15)9-7-12)16-19-10-4-2-3-5-14(17)18/h6-9H,2-5,10H2,1H3,(H,17,18)/b16-11+. The number of carboxylic acids is 1. The Bertz CT molecular complexity index is 429. The van der Waals surface area contributed by atoms with E-state index in [-0.39, 0.29) is 6.42 Å². The summed E-state index contributed by atoms with van der Waals surface area (Å²) in [6.07, 6.45) is 2.54. The lowest BCUT2D eigenvalue weighted by Gasteiger charge is -2.02. The Hall–Kier alpha value is -1.55. The van der Waals surface area contributed by atoms with E-state index in [1.54, 1.807) is 0 Å². The lowest BCUT2D eigenvalue weighted by Crippen LogP contribution is -1.98. The Balaban J connectivity index is 2.21. The van der Waals surface area contributed by atoms with Gasteiger partial charge in [0.25, 0.3) is 0 Å². The molecule has 0 atom stereocenters. The number of aliphatic carboxylic acids is 1. The summed E-state index contributed by atoms with van der Waals surface area (Å²) >= 11 is 5.80. The van der Waals surface area contributed by atoms with Gasteiger partial charge in [-0.2, -0.15) is 0 Å². The third-order valence-electron chi connectivity index (χ3n) is 2.59. The van der Waals surface area contributed by atoms with Crippen LogP contribution in [0.3, 0.4) is 0 Å². The van der Waals surface area contributed by atoms with E-state index in [0.717, 1.165) is 24.1 Å². The Morgan fingerprint density at radius 3 is 2.58 bits per heavy atom. The third kappa shape index (κ3) is 6.82. The first-order valence-corrected chi connectivity index (χ1v) is 6.61. The topological polar surface area (TPSA) is 58.9 Å². The summed E-state index contributed by atoms with van der Waals surface area (Å²) in [5, 5.41) is 13.2. The summed E-state index contributed by atoms with van der Waals surface area (Å²) < 4.78 is 0. The van der Waals surface area contributed by atoms with E-state index in [4.69, 9.17) is 21.5 Å². The molecule has 19 heavy (non-hydrogen) atoms. The second kappa shape index (κ2) is 8.53. The summed E-state index contributed by atoms with van der Waals surface area (Å²) in [6, 6.07) is 7.39. The van der Waals surface area contributed by atoms with Crippen molar-refractivity contribution in [3.05, 3.63) is 34.9 Å². The molecule has 4 nitrogen and oxygen atoms in total. The first-order chi connectivity index (χ1) is 9.09. The summed E-state index contributed by atoms with van der Waals surface area (Å²) in [5.74, 6) is -0.752. The highest BCUT2D eigenvalue weighted by molar-refractivity contribution is 6.30. The predicted molar refractivity (Wildman–Crippen MR) is 75.7 cm³/mol. The van der Waals surface area contributed by atoms with Crippen molar-refractivity contribution in [3.63, 3.8) is 0 Å². The molecule has 0 radical (unpaired) electrons. The van der Waals surface area contributed by atoms with Crippen molar-refractivity contribution in [2.75, 3.05) is 6.61 Å². The van der Waals surface area contributed by atoms with E-state index in [1.165, 1.54) is 0 Å². The van der Waals surface area contributed by atoms with Crippen LogP contribution in [0.25, 0.3) is 0 Å². The Labute approximate surface area is 118 Å². The molecule has 0 aromatic heterocycles. The maximum Gasteiger partial charge on any atom is 0.303 e. The molecular weight excluding hydrogens is 266 g/mol. The first-order valence-electron chi connectivity index (χ1n) is 6.24. The minimum atomic E-state index is -0.752. The molecule has 0 fully saturated rings. The summed E-state index contributed by atoms with van der Waals surface area (Å²) in [6.45, 7) is 2.37. The van der Waals surface area contributed by atoms with Crippen LogP contribution in [0.5, 0.6) is 0 Å². The predicted octanol–water partition coefficient (Wildman–Crippen LogP) is 3.73. The molecule has 1 rings (SSSR count). The van der Waals surface area contributed by atoms with Crippen LogP contribution in [0.15, 0.2) is 29.4 Å². The van der Waals surface area contributed by atoms with Gasteiger partial charge in [0.2, 0.25) is 0 Å². The molecule has 0 bridgehead atoms. The zero-order chi connectivity index (χ0) is 14.1. The van der Waals surface area contributed by atoms with E-state index in [9.17, 15) is 4.79 Å². The summed E-state index contributed by atoms with van der Waals surface area (Å²) in [4.78, 5) is 15.5. The molecule has 0 saturated carbocycles. The Kier molecular flexibility index (Phi) is 6.97. The second-order valence-corrected chi connectivity index (χ2v) is 4.66. The van der Waals surface area contributed by atoms with Gasteiger partial charge >= 0.3 is 5.97 Å². The molecule has 1 aromatic carbocycles. The Morgan fingerprint density at radius 2 is 1.95 bits per heavy atom. The normalized spacial score (nSPS) is 11.4. The quantitative estimate of drug-likeness (QED) is 0.449. The van der Waals surface area contributed by atoms with Crippen molar-refractivity contribution in [1.82, 2.24) is 0 Å². The average Bonchev–Trinajstić information content (AvgIpc) is 2.38. The number of carboxylic acid groups (broad SMARTS) is 1. The number of benzene rings is 1. The Morgan fingerprint density at radius 1 is 1.26 bits per heavy atom. The van der Waals surface area contributed by atoms with Crippen molar-refractivity contribution in [2.45, 2.75) is 32.6 Å². The number of carbonyl (C=O) groups is 1. The monoisotopic (exact) mass is 283 g/mol. The molecule has 1 aromatic rings. The zero-order valence-corrected chi connectivity index (χ0v) is 11.7. The number of halogens is 1. The van der Waals surface area contributed by atoms with Gasteiger partial charge in [0, 0.05) is 11.4 Å². The molecule has 0 saturated heterocycles. The van der Waals surface area contributed by atoms with Crippen LogP contribution in [0.2, 0.25) is 5.02 Å². The van der Waals surface area contributed by atoms with Crippen molar-refractivity contribution in [2.24, 2.45) is 5.16 Å². The van der Waals surface area contributed by atoms with Crippen LogP contribution in [0.1, 0.15) is 38.2 Å². The number of rotatable bonds is 8. The van der Waals surface area contributed by atoms with Gasteiger partial charge in [-0.05, 0) is 43.9 Å². The highest BCUT2D eigenvalue weighted by atomic mass is 35.5. The smallest absolute Gasteiger partial charge is 0.303 e. The van der Waals surface area contributed by atoms with Crippen LogP contribution >= 0.6 is 11.6 Å². The van der Waals surface area contributed by atoms with Gasteiger partial charge < -0.3 is 9.94 Å². The van der Waals surface area contributed by atoms with E-state index >= 15 is 0 Å². The average molecular weight is 284 g/mol. The maximum absolute atomic E-state index is 10.3. The van der Waals surface area contributed by atoms with Gasteiger partial charge in [-0.15, -0.1) is 0 Å². The molecule has 0 amide bonds. The zero-order valence-electron chi connectivity index (χ0n) is 10.9. The van der Waals surface area contributed by atoms with Crippen LogP contribution in [-0.2, 0) is 9.63 Å². The number of oxime groups is 1. The molecule has 0 unspecified atom stereocenters. The van der Waals surface area contributed by atoms with Gasteiger partial charge in [-0.1, -0.05) is 28.9 Å². The number of hydrogen-bond acceptors (Lipinski definition) is 3. The highest BCUT2D eigenvalue weighted by Crippen LogP contribution is 2.10. The fraction of sp³-hybridized carbons (Fsp3) is 0.429. The number of hydrogen-bond donors (Lipinski definition) is 1. The van der Waals surface area contributed by atoms with Crippen LogP contribution < -0.4 is 0 Å².